The Labute approximate surface area is 340 Å². The molecule has 4 aliphatic rings. The molecule has 346 valence electrons. The monoisotopic (exact) mass is 877 g/mol. The molecule has 60 heavy (non-hydrogen) atoms. The van der Waals surface area contributed by atoms with Crippen LogP contribution in [0.25, 0.3) is 0 Å². The molecule has 21 atom stereocenters. The van der Waals surface area contributed by atoms with E-state index in [-0.39, 0.29) is 0 Å². The maximum atomic E-state index is 12.7. The Bertz CT molecular complexity index is 1470. The van der Waals surface area contributed by atoms with Crippen LogP contribution in [0.2, 0.25) is 0 Å². The van der Waals surface area contributed by atoms with Crippen molar-refractivity contribution >= 4 is 23.7 Å². The van der Waals surface area contributed by atoms with Gasteiger partial charge in [0, 0.05) is 27.2 Å². The number of rotatable bonds is 16. The van der Waals surface area contributed by atoms with E-state index in [1.807, 2.05) is 0 Å². The van der Waals surface area contributed by atoms with E-state index in [1.54, 1.807) is 0 Å². The lowest BCUT2D eigenvalue weighted by Crippen LogP contribution is -2.71. The molecule has 4 fully saturated rings. The van der Waals surface area contributed by atoms with E-state index < -0.39 is 185 Å². The lowest BCUT2D eigenvalue weighted by atomic mass is 9.88. The van der Waals surface area contributed by atoms with Crippen molar-refractivity contribution in [2.45, 2.75) is 155 Å². The van der Waals surface area contributed by atoms with Crippen LogP contribution in [0.1, 0.15) is 27.2 Å². The molecule has 0 spiro atoms. The van der Waals surface area contributed by atoms with Gasteiger partial charge in [-0.05, 0) is 0 Å². The largest absolute Gasteiger partial charge is 0.477 e. The summed E-state index contributed by atoms with van der Waals surface area (Å²) in [4.78, 5) is 49.4. The van der Waals surface area contributed by atoms with E-state index in [9.17, 15) is 85.6 Å². The summed E-state index contributed by atoms with van der Waals surface area (Å²) in [6, 6.07) is -4.96. The van der Waals surface area contributed by atoms with Gasteiger partial charge in [-0.15, -0.1) is 0 Å². The average Bonchev–Trinajstić information content (AvgIpc) is 3.18. The van der Waals surface area contributed by atoms with Crippen molar-refractivity contribution in [1.29, 1.82) is 0 Å². The molecule has 0 saturated carbocycles. The zero-order chi connectivity index (χ0) is 45.0. The fraction of sp³-hybridized carbons (Fsp3) is 0.879. The Morgan fingerprint density at radius 3 is 1.72 bits per heavy atom. The lowest BCUT2D eigenvalue weighted by Gasteiger charge is -2.50. The first-order valence-corrected chi connectivity index (χ1v) is 18.7. The number of amides is 3. The number of carboxylic acids is 1. The minimum Gasteiger partial charge on any atom is -0.477 e. The minimum absolute atomic E-state index is 0.760. The highest BCUT2D eigenvalue weighted by Crippen LogP contribution is 2.36. The topological polar surface area (TPSA) is 432 Å². The molecule has 4 rings (SSSR count). The molecule has 4 saturated heterocycles. The molecular weight excluding hydrogens is 822 g/mol. The van der Waals surface area contributed by atoms with Gasteiger partial charge >= 0.3 is 5.97 Å². The second kappa shape index (κ2) is 21.0. The lowest BCUT2D eigenvalue weighted by molar-refractivity contribution is -0.360. The Balaban J connectivity index is 1.66. The average molecular weight is 878 g/mol. The van der Waals surface area contributed by atoms with Crippen LogP contribution in [0, 0.1) is 0 Å². The Morgan fingerprint density at radius 1 is 0.667 bits per heavy atom. The third kappa shape index (κ3) is 11.0. The molecule has 0 aromatic carbocycles. The molecule has 0 aromatic rings. The number of hydrogen-bond donors (Lipinski definition) is 16. The molecule has 0 bridgehead atoms. The van der Waals surface area contributed by atoms with Crippen LogP contribution in [-0.4, -0.2) is 245 Å². The fourth-order valence-corrected chi connectivity index (χ4v) is 7.34. The maximum absolute atomic E-state index is 12.7. The van der Waals surface area contributed by atoms with Gasteiger partial charge in [-0.2, -0.15) is 0 Å². The normalized spacial score (nSPS) is 43.3. The van der Waals surface area contributed by atoms with Crippen molar-refractivity contribution in [3.63, 3.8) is 0 Å². The summed E-state index contributed by atoms with van der Waals surface area (Å²) in [5.41, 5.74) is 0. The first-order chi connectivity index (χ1) is 28.1. The smallest absolute Gasteiger partial charge is 0.364 e. The van der Waals surface area contributed by atoms with Gasteiger partial charge in [0.15, 0.2) is 18.9 Å². The van der Waals surface area contributed by atoms with Crippen LogP contribution in [-0.2, 0) is 52.3 Å². The van der Waals surface area contributed by atoms with Crippen molar-refractivity contribution < 1.29 is 119 Å². The highest BCUT2D eigenvalue weighted by atomic mass is 16.8. The third-order valence-electron chi connectivity index (χ3n) is 10.4. The quantitative estimate of drug-likeness (QED) is 0.0684. The first kappa shape index (κ1) is 49.8. The Hall–Kier alpha value is -2.88. The highest BCUT2D eigenvalue weighted by molar-refractivity contribution is 5.77. The second-order valence-electron chi connectivity index (χ2n) is 14.8. The van der Waals surface area contributed by atoms with Gasteiger partial charge in [-0.25, -0.2) is 4.79 Å². The predicted octanol–water partition coefficient (Wildman–Crippen LogP) is -10.1. The van der Waals surface area contributed by atoms with Crippen LogP contribution in [0.3, 0.4) is 0 Å². The number of hydrogen-bond acceptors (Lipinski definition) is 23. The summed E-state index contributed by atoms with van der Waals surface area (Å²) in [5.74, 6) is -7.26. The molecule has 0 aliphatic carbocycles. The highest BCUT2D eigenvalue weighted by Gasteiger charge is 2.58. The predicted molar refractivity (Wildman–Crippen MR) is 186 cm³/mol. The van der Waals surface area contributed by atoms with E-state index in [0.29, 0.717) is 0 Å². The molecular formula is C33H55N3O24. The van der Waals surface area contributed by atoms with Crippen molar-refractivity contribution in [3.8, 4) is 0 Å². The first-order valence-electron chi connectivity index (χ1n) is 18.7. The van der Waals surface area contributed by atoms with Gasteiger partial charge in [0.2, 0.25) is 17.7 Å². The van der Waals surface area contributed by atoms with E-state index in [4.69, 9.17) is 33.2 Å². The third-order valence-corrected chi connectivity index (χ3v) is 10.4. The minimum atomic E-state index is -2.93. The van der Waals surface area contributed by atoms with Crippen LogP contribution in [0.15, 0.2) is 0 Å². The molecule has 0 aromatic heterocycles. The van der Waals surface area contributed by atoms with E-state index in [2.05, 4.69) is 16.0 Å². The number of aliphatic carboxylic acids is 1. The summed E-state index contributed by atoms with van der Waals surface area (Å²) in [7, 11) is 0. The molecule has 27 heteroatoms. The van der Waals surface area contributed by atoms with Gasteiger partial charge in [0.1, 0.15) is 91.4 Å². The number of ether oxygens (including phenoxy) is 7. The molecule has 16 N–H and O–H groups in total. The summed E-state index contributed by atoms with van der Waals surface area (Å²) in [6.07, 6.45) is -33.2. The summed E-state index contributed by atoms with van der Waals surface area (Å²) >= 11 is 0. The number of carbonyl (C=O) groups excluding carboxylic acids is 3. The number of aliphatic hydroxyl groups excluding tert-OH is 12. The summed E-state index contributed by atoms with van der Waals surface area (Å²) in [6.45, 7) is -0.889. The van der Waals surface area contributed by atoms with Crippen LogP contribution < -0.4 is 16.0 Å². The van der Waals surface area contributed by atoms with E-state index >= 15 is 0 Å². The zero-order valence-corrected chi connectivity index (χ0v) is 32.4. The fourth-order valence-electron chi connectivity index (χ4n) is 7.34. The summed E-state index contributed by atoms with van der Waals surface area (Å²) in [5, 5.41) is 143. The van der Waals surface area contributed by atoms with Crippen molar-refractivity contribution in [2.75, 3.05) is 26.4 Å². The van der Waals surface area contributed by atoms with Crippen molar-refractivity contribution in [2.24, 2.45) is 0 Å². The molecule has 4 aliphatic heterocycles. The zero-order valence-electron chi connectivity index (χ0n) is 32.4. The SMILES string of the molecule is CC(=O)N[C@H]1[C@H](O[C@H]2[C@@H](O)[C@@H](CO[C@]3(C(=O)O)C[C@H](O)[C@@H](NC(C)=O)[C@H]([C@H](O)[C@H](O)CO)O3)OC(O)[C@@H]2NC(C)=O)O[C@H](CO)[C@@H](O)[C@@H]1O[C@@H]1O[C@H](CO)[C@H](O)[C@H](O)[C@H]1O. The van der Waals surface area contributed by atoms with E-state index in [0.717, 1.165) is 20.8 Å². The number of carbonyl (C=O) groups is 4. The van der Waals surface area contributed by atoms with E-state index in [1.165, 1.54) is 0 Å². The summed E-state index contributed by atoms with van der Waals surface area (Å²) < 4.78 is 39.6. The molecule has 4 heterocycles. The van der Waals surface area contributed by atoms with Gasteiger partial charge in [0.25, 0.3) is 5.79 Å². The maximum Gasteiger partial charge on any atom is 0.364 e. The second-order valence-corrected chi connectivity index (χ2v) is 14.8. The number of carboxylic acid groups (broad SMARTS) is 1. The Morgan fingerprint density at radius 2 is 1.17 bits per heavy atom. The van der Waals surface area contributed by atoms with Gasteiger partial charge in [0.05, 0.1) is 38.6 Å². The molecule has 27 nitrogen and oxygen atoms in total. The molecule has 3 amide bonds. The number of aliphatic hydroxyl groups is 12. The van der Waals surface area contributed by atoms with Gasteiger partial charge in [-0.3, -0.25) is 14.4 Å². The van der Waals surface area contributed by atoms with Gasteiger partial charge in [-0.1, -0.05) is 0 Å². The van der Waals surface area contributed by atoms with Crippen LogP contribution >= 0.6 is 0 Å². The van der Waals surface area contributed by atoms with Gasteiger partial charge < -0.3 is 115 Å². The van der Waals surface area contributed by atoms with Crippen LogP contribution in [0.5, 0.6) is 0 Å². The molecule has 0 radical (unpaired) electrons. The standard InChI is InChI=1S/C33H55N3O24/c1-9(40)34-17-12(43)4-33(32(52)53,60-28(17)20(45)13(44)5-37)54-8-16-23(48)26(18(29(51)55-16)35-10(2)41)58-30-19(36-11(3)42)27(22(47)15(7-39)56-30)59-31-25(50)24(49)21(46)14(6-38)57-31/h12-31,37-39,43-51H,4-8H2,1-3H3,(H,34,40)(H,35,41)(H,36,42)(H,52,53)/t12-,13+,14+,15+,16+,17+,18+,19+,20+,21-,22+,23-,24-,25+,26+,27+,28+,29?,30-,31-,33+/m0/s1. The molecule has 1 unspecified atom stereocenters. The Kier molecular flexibility index (Phi) is 17.4. The van der Waals surface area contributed by atoms with Crippen LogP contribution in [0.4, 0.5) is 0 Å². The van der Waals surface area contributed by atoms with Crippen molar-refractivity contribution in [1.82, 2.24) is 16.0 Å². The number of nitrogens with one attached hydrogen (secondary N) is 3. The van der Waals surface area contributed by atoms with Crippen molar-refractivity contribution in [3.05, 3.63) is 0 Å².